The van der Waals surface area contributed by atoms with E-state index in [2.05, 4.69) is 28.7 Å². The lowest BCUT2D eigenvalue weighted by Gasteiger charge is -2.20. The lowest BCUT2D eigenvalue weighted by Crippen LogP contribution is -2.24. The normalized spacial score (nSPS) is 14.1. The van der Waals surface area contributed by atoms with Gasteiger partial charge in [-0.2, -0.15) is 0 Å². The molecule has 0 saturated heterocycles. The van der Waals surface area contributed by atoms with Gasteiger partial charge in [-0.15, -0.1) is 0 Å². The van der Waals surface area contributed by atoms with Gasteiger partial charge in [-0.1, -0.05) is 36.0 Å². The fraction of sp³-hybridized carbons (Fsp3) is 0.214. The maximum Gasteiger partial charge on any atom is 0.171 e. The van der Waals surface area contributed by atoms with Gasteiger partial charge in [0.05, 0.1) is 11.7 Å². The molecule has 3 aromatic heterocycles. The Morgan fingerprint density at radius 1 is 1.03 bits per heavy atom. The van der Waals surface area contributed by atoms with Gasteiger partial charge >= 0.3 is 0 Å². The molecule has 1 aliphatic rings. The van der Waals surface area contributed by atoms with Crippen LogP contribution in [0.3, 0.4) is 0 Å². The minimum Gasteiger partial charge on any atom is -0.507 e. The minimum absolute atomic E-state index is 0.0188. The van der Waals surface area contributed by atoms with E-state index in [-0.39, 0.29) is 11.3 Å². The Kier molecular flexibility index (Phi) is 5.98. The summed E-state index contributed by atoms with van der Waals surface area (Å²) >= 11 is 1.67. The van der Waals surface area contributed by atoms with Crippen LogP contribution in [0.1, 0.15) is 19.4 Å². The van der Waals surface area contributed by atoms with Gasteiger partial charge in [-0.05, 0) is 50.1 Å². The van der Waals surface area contributed by atoms with Crippen molar-refractivity contribution in [2.45, 2.75) is 31.0 Å². The SMILES string of the molecule is CC1(C)CSc2nc3c(NCCc4ccc(O)c(-c5ccccc5F)c4)nc(-c4cncc(F)c4)nc3n21. The first-order chi connectivity index (χ1) is 18.3. The predicted molar refractivity (Wildman–Crippen MR) is 144 cm³/mol. The van der Waals surface area contributed by atoms with Crippen LogP contribution in [0.15, 0.2) is 66.1 Å². The average Bonchev–Trinajstić information content (AvgIpc) is 3.42. The molecule has 2 N–H and O–H groups in total. The Labute approximate surface area is 222 Å². The van der Waals surface area contributed by atoms with E-state index in [1.807, 2.05) is 6.07 Å². The number of fused-ring (bicyclic) bond motifs is 3. The summed E-state index contributed by atoms with van der Waals surface area (Å²) in [5.41, 5.74) is 3.31. The number of anilines is 1. The van der Waals surface area contributed by atoms with Crippen molar-refractivity contribution in [3.05, 3.63) is 78.1 Å². The van der Waals surface area contributed by atoms with E-state index in [9.17, 15) is 13.9 Å². The monoisotopic (exact) mass is 530 g/mol. The third kappa shape index (κ3) is 4.34. The van der Waals surface area contributed by atoms with Crippen molar-refractivity contribution in [3.8, 4) is 28.3 Å². The van der Waals surface area contributed by atoms with Crippen LogP contribution in [-0.4, -0.2) is 41.9 Å². The summed E-state index contributed by atoms with van der Waals surface area (Å²) in [6.45, 7) is 4.76. The van der Waals surface area contributed by atoms with Crippen molar-refractivity contribution < 1.29 is 13.9 Å². The Hall–Kier alpha value is -4.05. The second-order valence-corrected chi connectivity index (χ2v) is 10.7. The molecule has 10 heteroatoms. The summed E-state index contributed by atoms with van der Waals surface area (Å²) in [6.07, 6.45) is 3.26. The smallest absolute Gasteiger partial charge is 0.171 e. The van der Waals surface area contributed by atoms with Crippen LogP contribution in [-0.2, 0) is 12.0 Å². The van der Waals surface area contributed by atoms with Crippen LogP contribution < -0.4 is 5.32 Å². The van der Waals surface area contributed by atoms with Crippen LogP contribution >= 0.6 is 11.8 Å². The first-order valence-electron chi connectivity index (χ1n) is 12.2. The van der Waals surface area contributed by atoms with Gasteiger partial charge in [0.2, 0.25) is 0 Å². The molecular weight excluding hydrogens is 506 g/mol. The molecule has 0 aliphatic carbocycles. The highest BCUT2D eigenvalue weighted by atomic mass is 32.2. The third-order valence-corrected chi connectivity index (χ3v) is 7.91. The number of phenolic OH excluding ortho intramolecular Hbond substituents is 1. The van der Waals surface area contributed by atoms with Gasteiger partial charge in [-0.3, -0.25) is 9.55 Å². The zero-order valence-electron chi connectivity index (χ0n) is 20.7. The van der Waals surface area contributed by atoms with Crippen molar-refractivity contribution in [2.75, 3.05) is 17.6 Å². The quantitative estimate of drug-likeness (QED) is 0.277. The van der Waals surface area contributed by atoms with E-state index in [1.54, 1.807) is 42.1 Å². The number of hydrogen-bond acceptors (Lipinski definition) is 7. The molecule has 0 fully saturated rings. The van der Waals surface area contributed by atoms with Crippen LogP contribution in [0.4, 0.5) is 14.6 Å². The average molecular weight is 531 g/mol. The molecule has 0 bridgehead atoms. The summed E-state index contributed by atoms with van der Waals surface area (Å²) in [4.78, 5) is 18.2. The van der Waals surface area contributed by atoms with Crippen LogP contribution in [0.2, 0.25) is 0 Å². The number of nitrogens with zero attached hydrogens (tertiary/aromatic N) is 5. The number of pyridine rings is 1. The number of benzene rings is 2. The summed E-state index contributed by atoms with van der Waals surface area (Å²) in [5.74, 6) is 0.933. The summed E-state index contributed by atoms with van der Waals surface area (Å²) in [7, 11) is 0. The second kappa shape index (κ2) is 9.36. The molecule has 0 unspecified atom stereocenters. The number of halogens is 2. The van der Waals surface area contributed by atoms with E-state index in [1.165, 1.54) is 18.3 Å². The van der Waals surface area contributed by atoms with Crippen LogP contribution in [0.25, 0.3) is 33.7 Å². The summed E-state index contributed by atoms with van der Waals surface area (Å²) < 4.78 is 30.4. The molecule has 6 rings (SSSR count). The van der Waals surface area contributed by atoms with Gasteiger partial charge in [0, 0.05) is 35.2 Å². The van der Waals surface area contributed by atoms with E-state index < -0.39 is 11.6 Å². The molecule has 0 saturated carbocycles. The lowest BCUT2D eigenvalue weighted by atomic mass is 10.00. The molecule has 0 spiro atoms. The van der Waals surface area contributed by atoms with Gasteiger partial charge in [0.25, 0.3) is 0 Å². The van der Waals surface area contributed by atoms with Crippen molar-refractivity contribution in [2.24, 2.45) is 0 Å². The van der Waals surface area contributed by atoms with Gasteiger partial charge in [0.15, 0.2) is 28.0 Å². The largest absolute Gasteiger partial charge is 0.507 e. The standard InChI is InChI=1S/C28H24F2N6OS/c1-28(2)15-38-27-33-23-25(34-24(35-26(23)36(27)28)17-12-18(29)14-31-13-17)32-10-9-16-7-8-22(37)20(11-16)19-5-3-4-6-21(19)30/h3-8,11-14,37H,9-10,15H2,1-2H3,(H,32,34,35). The second-order valence-electron chi connectivity index (χ2n) is 9.80. The first kappa shape index (κ1) is 24.3. The highest BCUT2D eigenvalue weighted by molar-refractivity contribution is 7.99. The molecular formula is C28H24F2N6OS. The van der Waals surface area contributed by atoms with Crippen molar-refractivity contribution in [1.82, 2.24) is 24.5 Å². The first-order valence-corrected chi connectivity index (χ1v) is 13.1. The number of thioether (sulfide) groups is 1. The molecule has 0 atom stereocenters. The fourth-order valence-corrected chi connectivity index (χ4v) is 5.86. The lowest BCUT2D eigenvalue weighted by molar-refractivity contribution is 0.404. The molecule has 0 amide bonds. The highest BCUT2D eigenvalue weighted by Crippen LogP contribution is 2.41. The molecule has 192 valence electrons. The third-order valence-electron chi connectivity index (χ3n) is 6.53. The number of phenols is 1. The Balaban J connectivity index is 1.33. The van der Waals surface area contributed by atoms with Gasteiger partial charge < -0.3 is 10.4 Å². The van der Waals surface area contributed by atoms with Crippen LogP contribution in [0, 0.1) is 11.6 Å². The molecule has 4 heterocycles. The maximum atomic E-state index is 14.4. The van der Waals surface area contributed by atoms with Crippen molar-refractivity contribution in [3.63, 3.8) is 0 Å². The number of aromatic hydroxyl groups is 1. The summed E-state index contributed by atoms with van der Waals surface area (Å²) in [6, 6.07) is 12.9. The molecule has 1 aliphatic heterocycles. The number of imidazole rings is 1. The van der Waals surface area contributed by atoms with Crippen molar-refractivity contribution in [1.29, 1.82) is 0 Å². The predicted octanol–water partition coefficient (Wildman–Crippen LogP) is 6.03. The number of hydrogen-bond donors (Lipinski definition) is 2. The zero-order valence-corrected chi connectivity index (χ0v) is 21.6. The summed E-state index contributed by atoms with van der Waals surface area (Å²) in [5, 5.41) is 14.6. The van der Waals surface area contributed by atoms with Crippen molar-refractivity contribution >= 4 is 28.7 Å². The minimum atomic E-state index is -0.465. The molecule has 2 aromatic carbocycles. The molecule has 5 aromatic rings. The number of rotatable bonds is 6. The molecule has 0 radical (unpaired) electrons. The van der Waals surface area contributed by atoms with Gasteiger partial charge in [-0.25, -0.2) is 23.7 Å². The Morgan fingerprint density at radius 2 is 1.87 bits per heavy atom. The topological polar surface area (TPSA) is 88.8 Å². The highest BCUT2D eigenvalue weighted by Gasteiger charge is 2.35. The number of nitrogens with one attached hydrogen (secondary N) is 1. The molecule has 38 heavy (non-hydrogen) atoms. The van der Waals surface area contributed by atoms with Crippen LogP contribution in [0.5, 0.6) is 5.75 Å². The van der Waals surface area contributed by atoms with E-state index in [0.717, 1.165) is 22.7 Å². The molecule has 7 nitrogen and oxygen atoms in total. The van der Waals surface area contributed by atoms with E-state index in [0.29, 0.717) is 52.5 Å². The van der Waals surface area contributed by atoms with E-state index >= 15 is 0 Å². The van der Waals surface area contributed by atoms with E-state index in [4.69, 9.17) is 15.0 Å². The maximum absolute atomic E-state index is 14.4. The Bertz CT molecular complexity index is 1690. The number of aromatic nitrogens is 5. The zero-order chi connectivity index (χ0) is 26.4. The Morgan fingerprint density at radius 3 is 2.68 bits per heavy atom. The van der Waals surface area contributed by atoms with Gasteiger partial charge in [0.1, 0.15) is 17.4 Å². The fourth-order valence-electron chi connectivity index (χ4n) is 4.63.